The van der Waals surface area contributed by atoms with E-state index in [4.69, 9.17) is 16.3 Å². The third-order valence-corrected chi connectivity index (χ3v) is 4.95. The van der Waals surface area contributed by atoms with Gasteiger partial charge in [-0.05, 0) is 67.4 Å². The molecular formula is C24H19ClFNO. The molecule has 0 spiro atoms. The molecule has 0 bridgehead atoms. The molecule has 0 saturated carbocycles. The monoisotopic (exact) mass is 391 g/mol. The highest BCUT2D eigenvalue weighted by atomic mass is 35.5. The molecule has 4 heteroatoms. The number of benzene rings is 3. The Bertz CT molecular complexity index is 1160. The van der Waals surface area contributed by atoms with Crippen molar-refractivity contribution in [3.05, 3.63) is 83.1 Å². The molecule has 0 unspecified atom stereocenters. The van der Waals surface area contributed by atoms with Crippen molar-refractivity contribution in [2.24, 2.45) is 0 Å². The molecule has 0 fully saturated rings. The first kappa shape index (κ1) is 18.5. The SMILES string of the molecule is CCOc1ccc(-c2ccc(-c3cc(C)c4cc(Cl)ccc4n3)cc2F)cc1. The maximum absolute atomic E-state index is 14.9. The van der Waals surface area contributed by atoms with Gasteiger partial charge < -0.3 is 4.74 Å². The molecule has 2 nitrogen and oxygen atoms in total. The van der Waals surface area contributed by atoms with Crippen LogP contribution in [0.25, 0.3) is 33.3 Å². The Morgan fingerprint density at radius 2 is 1.68 bits per heavy atom. The van der Waals surface area contributed by atoms with E-state index in [1.165, 1.54) is 6.07 Å². The number of aromatic nitrogens is 1. The van der Waals surface area contributed by atoms with Crippen LogP contribution in [0.3, 0.4) is 0 Å². The molecule has 0 aliphatic heterocycles. The summed E-state index contributed by atoms with van der Waals surface area (Å²) in [4.78, 5) is 4.68. The van der Waals surface area contributed by atoms with Crippen LogP contribution in [-0.2, 0) is 0 Å². The van der Waals surface area contributed by atoms with Crippen molar-refractivity contribution in [2.75, 3.05) is 6.61 Å². The molecule has 140 valence electrons. The van der Waals surface area contributed by atoms with Crippen LogP contribution in [0.4, 0.5) is 4.39 Å². The molecule has 1 aromatic heterocycles. The van der Waals surface area contributed by atoms with E-state index in [-0.39, 0.29) is 5.82 Å². The van der Waals surface area contributed by atoms with Gasteiger partial charge in [-0.25, -0.2) is 9.37 Å². The number of hydrogen-bond donors (Lipinski definition) is 0. The summed E-state index contributed by atoms with van der Waals surface area (Å²) < 4.78 is 20.3. The number of aryl methyl sites for hydroxylation is 1. The first-order valence-corrected chi connectivity index (χ1v) is 9.53. The first-order valence-electron chi connectivity index (χ1n) is 9.15. The second kappa shape index (κ2) is 7.61. The van der Waals surface area contributed by atoms with Gasteiger partial charge in [0, 0.05) is 21.5 Å². The number of nitrogens with zero attached hydrogens (tertiary/aromatic N) is 1. The summed E-state index contributed by atoms with van der Waals surface area (Å²) in [6, 6.07) is 20.2. The molecule has 28 heavy (non-hydrogen) atoms. The van der Waals surface area contributed by atoms with E-state index in [1.54, 1.807) is 6.07 Å². The number of fused-ring (bicyclic) bond motifs is 1. The van der Waals surface area contributed by atoms with Gasteiger partial charge in [-0.3, -0.25) is 0 Å². The maximum Gasteiger partial charge on any atom is 0.131 e. The second-order valence-corrected chi connectivity index (χ2v) is 7.07. The van der Waals surface area contributed by atoms with Crippen LogP contribution in [0.2, 0.25) is 5.02 Å². The highest BCUT2D eigenvalue weighted by Crippen LogP contribution is 2.31. The van der Waals surface area contributed by atoms with Crippen molar-refractivity contribution in [1.82, 2.24) is 4.98 Å². The molecule has 0 amide bonds. The number of pyridine rings is 1. The van der Waals surface area contributed by atoms with Crippen LogP contribution in [-0.4, -0.2) is 11.6 Å². The van der Waals surface area contributed by atoms with Crippen molar-refractivity contribution in [3.8, 4) is 28.1 Å². The Morgan fingerprint density at radius 3 is 2.39 bits per heavy atom. The number of ether oxygens (including phenoxy) is 1. The van der Waals surface area contributed by atoms with Gasteiger partial charge in [0.05, 0.1) is 17.8 Å². The lowest BCUT2D eigenvalue weighted by atomic mass is 10.0. The van der Waals surface area contributed by atoms with Gasteiger partial charge >= 0.3 is 0 Å². The summed E-state index contributed by atoms with van der Waals surface area (Å²) in [5.74, 6) is 0.497. The fourth-order valence-electron chi connectivity index (χ4n) is 3.32. The van der Waals surface area contributed by atoms with Crippen LogP contribution in [0, 0.1) is 12.7 Å². The minimum atomic E-state index is -0.280. The molecule has 0 aliphatic rings. The van der Waals surface area contributed by atoms with Crippen molar-refractivity contribution >= 4 is 22.5 Å². The second-order valence-electron chi connectivity index (χ2n) is 6.64. The van der Waals surface area contributed by atoms with Gasteiger partial charge in [0.25, 0.3) is 0 Å². The van der Waals surface area contributed by atoms with Crippen LogP contribution in [0.1, 0.15) is 12.5 Å². The summed E-state index contributed by atoms with van der Waals surface area (Å²) >= 11 is 6.09. The zero-order valence-corrected chi connectivity index (χ0v) is 16.4. The molecule has 4 aromatic rings. The van der Waals surface area contributed by atoms with E-state index in [2.05, 4.69) is 4.98 Å². The van der Waals surface area contributed by atoms with Gasteiger partial charge in [-0.2, -0.15) is 0 Å². The number of rotatable bonds is 4. The van der Waals surface area contributed by atoms with Crippen molar-refractivity contribution in [3.63, 3.8) is 0 Å². The highest BCUT2D eigenvalue weighted by Gasteiger charge is 2.10. The average Bonchev–Trinajstić information content (AvgIpc) is 2.69. The van der Waals surface area contributed by atoms with E-state index in [0.29, 0.717) is 17.2 Å². The zero-order valence-electron chi connectivity index (χ0n) is 15.7. The first-order chi connectivity index (χ1) is 13.5. The maximum atomic E-state index is 14.9. The van der Waals surface area contributed by atoms with Crippen LogP contribution < -0.4 is 4.74 Å². The normalized spacial score (nSPS) is 11.0. The smallest absolute Gasteiger partial charge is 0.131 e. The van der Waals surface area contributed by atoms with E-state index in [1.807, 2.05) is 68.4 Å². The van der Waals surface area contributed by atoms with Crippen molar-refractivity contribution < 1.29 is 9.13 Å². The fraction of sp³-hybridized carbons (Fsp3) is 0.125. The Kier molecular flexibility index (Phi) is 5.01. The fourth-order valence-corrected chi connectivity index (χ4v) is 3.49. The van der Waals surface area contributed by atoms with Crippen molar-refractivity contribution in [2.45, 2.75) is 13.8 Å². The molecule has 3 aromatic carbocycles. The minimum Gasteiger partial charge on any atom is -0.494 e. The molecule has 0 N–H and O–H groups in total. The third kappa shape index (κ3) is 3.58. The predicted molar refractivity (Wildman–Crippen MR) is 113 cm³/mol. The van der Waals surface area contributed by atoms with Gasteiger partial charge in [0.15, 0.2) is 0 Å². The van der Waals surface area contributed by atoms with Crippen LogP contribution in [0.15, 0.2) is 66.7 Å². The summed E-state index contributed by atoms with van der Waals surface area (Å²) in [6.45, 7) is 4.55. The minimum absolute atomic E-state index is 0.280. The lowest BCUT2D eigenvalue weighted by Crippen LogP contribution is -1.92. The summed E-state index contributed by atoms with van der Waals surface area (Å²) in [5, 5.41) is 1.68. The van der Waals surface area contributed by atoms with Crippen LogP contribution in [0.5, 0.6) is 5.75 Å². The van der Waals surface area contributed by atoms with Gasteiger partial charge in [-0.1, -0.05) is 35.9 Å². The van der Waals surface area contributed by atoms with Gasteiger partial charge in [0.2, 0.25) is 0 Å². The van der Waals surface area contributed by atoms with Crippen molar-refractivity contribution in [1.29, 1.82) is 0 Å². The topological polar surface area (TPSA) is 22.1 Å². The number of hydrogen-bond acceptors (Lipinski definition) is 2. The molecule has 0 saturated heterocycles. The quantitative estimate of drug-likeness (QED) is 0.371. The Balaban J connectivity index is 1.71. The van der Waals surface area contributed by atoms with Gasteiger partial charge in [-0.15, -0.1) is 0 Å². The molecule has 0 radical (unpaired) electrons. The summed E-state index contributed by atoms with van der Waals surface area (Å²) in [7, 11) is 0. The van der Waals surface area contributed by atoms with E-state index in [0.717, 1.165) is 39.0 Å². The average molecular weight is 392 g/mol. The molecule has 0 aliphatic carbocycles. The predicted octanol–water partition coefficient (Wildman–Crippen LogP) is 7.07. The Morgan fingerprint density at radius 1 is 0.929 bits per heavy atom. The van der Waals surface area contributed by atoms with E-state index in [9.17, 15) is 4.39 Å². The molecule has 1 heterocycles. The standard InChI is InChI=1S/C24H19ClFNO/c1-3-28-19-8-4-16(5-9-19)20-10-6-17(13-22(20)26)24-12-15(2)21-14-18(25)7-11-23(21)27-24/h4-14H,3H2,1-2H3. The Hall–Kier alpha value is -2.91. The lowest BCUT2D eigenvalue weighted by Gasteiger charge is -2.10. The van der Waals surface area contributed by atoms with Crippen LogP contribution >= 0.6 is 11.6 Å². The molecular weight excluding hydrogens is 373 g/mol. The van der Waals surface area contributed by atoms with E-state index >= 15 is 0 Å². The zero-order chi connectivity index (χ0) is 19.7. The summed E-state index contributed by atoms with van der Waals surface area (Å²) in [5.41, 5.74) is 4.74. The number of halogens is 2. The van der Waals surface area contributed by atoms with E-state index < -0.39 is 0 Å². The summed E-state index contributed by atoms with van der Waals surface area (Å²) in [6.07, 6.45) is 0. The highest BCUT2D eigenvalue weighted by molar-refractivity contribution is 6.31. The molecule has 4 rings (SSSR count). The Labute approximate surface area is 168 Å². The largest absolute Gasteiger partial charge is 0.494 e. The molecule has 0 atom stereocenters. The lowest BCUT2D eigenvalue weighted by molar-refractivity contribution is 0.340. The van der Waals surface area contributed by atoms with Gasteiger partial charge in [0.1, 0.15) is 11.6 Å². The third-order valence-electron chi connectivity index (χ3n) is 4.72.